The van der Waals surface area contributed by atoms with E-state index < -0.39 is 35.7 Å². The SMILES string of the molecule is CC(=O)NC(C)(C(F)F)[C@H](NC(=O)c1ccc(C#CC#Cc2ccsc2)cc1)C(=O)NO. The van der Waals surface area contributed by atoms with Crippen LogP contribution in [0.15, 0.2) is 41.1 Å². The number of hydroxylamine groups is 1. The summed E-state index contributed by atoms with van der Waals surface area (Å²) >= 11 is 1.52. The molecule has 1 unspecified atom stereocenters. The highest BCUT2D eigenvalue weighted by atomic mass is 32.1. The summed E-state index contributed by atoms with van der Waals surface area (Å²) in [5, 5.41) is 16.8. The molecule has 0 saturated heterocycles. The first-order chi connectivity index (χ1) is 15.2. The molecule has 0 aliphatic rings. The maximum atomic E-state index is 13.7. The van der Waals surface area contributed by atoms with Gasteiger partial charge < -0.3 is 10.6 Å². The summed E-state index contributed by atoms with van der Waals surface area (Å²) in [7, 11) is 0. The van der Waals surface area contributed by atoms with Crippen molar-refractivity contribution in [3.8, 4) is 23.7 Å². The lowest BCUT2D eigenvalue weighted by molar-refractivity contribution is -0.137. The lowest BCUT2D eigenvalue weighted by atomic mass is 9.91. The molecular formula is C22H19F2N3O4S. The van der Waals surface area contributed by atoms with Crippen LogP contribution in [0.1, 0.15) is 35.3 Å². The molecule has 0 aliphatic carbocycles. The standard InChI is InChI=1S/C22H19F2N3O4S/c1-14(28)26-22(2,21(23)24)18(20(30)27-31)25-19(29)17-9-7-15(8-10-17)5-3-4-6-16-11-12-32-13-16/h7-13,18,21,31H,1-2H3,(H,25,29)(H,26,28)(H,27,30)/t18-,22?/m1/s1. The Morgan fingerprint density at radius 1 is 1.06 bits per heavy atom. The van der Waals surface area contributed by atoms with Crippen molar-refractivity contribution in [2.45, 2.75) is 31.9 Å². The highest BCUT2D eigenvalue weighted by Gasteiger charge is 2.48. The lowest BCUT2D eigenvalue weighted by Gasteiger charge is -2.36. The van der Waals surface area contributed by atoms with Gasteiger partial charge in [0.2, 0.25) is 5.91 Å². The number of halogens is 2. The summed E-state index contributed by atoms with van der Waals surface area (Å²) in [6, 6.07) is 5.72. The largest absolute Gasteiger partial charge is 0.343 e. The van der Waals surface area contributed by atoms with Gasteiger partial charge in [0, 0.05) is 29.0 Å². The van der Waals surface area contributed by atoms with Crippen molar-refractivity contribution in [2.75, 3.05) is 0 Å². The Balaban J connectivity index is 2.18. The number of hydrogen-bond acceptors (Lipinski definition) is 5. The Morgan fingerprint density at radius 2 is 1.69 bits per heavy atom. The van der Waals surface area contributed by atoms with E-state index >= 15 is 0 Å². The molecule has 0 fully saturated rings. The molecule has 0 aliphatic heterocycles. The predicted octanol–water partition coefficient (Wildman–Crippen LogP) is 1.91. The third kappa shape index (κ3) is 6.38. The third-order valence-electron chi connectivity index (χ3n) is 4.29. The van der Waals surface area contributed by atoms with Crippen LogP contribution in [-0.4, -0.2) is 40.9 Å². The first kappa shape index (κ1) is 24.5. The summed E-state index contributed by atoms with van der Waals surface area (Å²) in [5.74, 6) is 8.03. The molecule has 2 aromatic rings. The Hall–Kier alpha value is -3.73. The van der Waals surface area contributed by atoms with Gasteiger partial charge in [-0.1, -0.05) is 11.8 Å². The minimum absolute atomic E-state index is 0.0510. The summed E-state index contributed by atoms with van der Waals surface area (Å²) in [5.41, 5.74) is 0.226. The quantitative estimate of drug-likeness (QED) is 0.301. The van der Waals surface area contributed by atoms with E-state index in [1.165, 1.54) is 41.1 Å². The van der Waals surface area contributed by atoms with E-state index in [2.05, 4.69) is 29.0 Å². The highest BCUT2D eigenvalue weighted by Crippen LogP contribution is 2.21. The summed E-state index contributed by atoms with van der Waals surface area (Å²) in [6.07, 6.45) is -3.23. The number of rotatable bonds is 6. The van der Waals surface area contributed by atoms with Gasteiger partial charge in [-0.05, 0) is 54.5 Å². The van der Waals surface area contributed by atoms with Crippen LogP contribution in [-0.2, 0) is 9.59 Å². The molecule has 7 nitrogen and oxygen atoms in total. The molecule has 0 saturated carbocycles. The van der Waals surface area contributed by atoms with E-state index in [4.69, 9.17) is 5.21 Å². The Bertz CT molecular complexity index is 1100. The fraction of sp³-hybridized carbons (Fsp3) is 0.227. The van der Waals surface area contributed by atoms with Crippen LogP contribution in [0.25, 0.3) is 0 Å². The zero-order chi connectivity index (χ0) is 23.7. The molecule has 0 bridgehead atoms. The van der Waals surface area contributed by atoms with Crippen LogP contribution in [0.5, 0.6) is 0 Å². The van der Waals surface area contributed by atoms with Gasteiger partial charge in [0.25, 0.3) is 18.2 Å². The van der Waals surface area contributed by atoms with Gasteiger partial charge in [-0.2, -0.15) is 11.3 Å². The second kappa shape index (κ2) is 11.0. The summed E-state index contributed by atoms with van der Waals surface area (Å²) < 4.78 is 27.4. The van der Waals surface area contributed by atoms with Crippen LogP contribution in [0.2, 0.25) is 0 Å². The van der Waals surface area contributed by atoms with Crippen molar-refractivity contribution < 1.29 is 28.4 Å². The maximum Gasteiger partial charge on any atom is 0.268 e. The fourth-order valence-electron chi connectivity index (χ4n) is 2.65. The lowest BCUT2D eigenvalue weighted by Crippen LogP contribution is -2.68. The number of carbonyl (C=O) groups is 3. The molecule has 1 aromatic carbocycles. The number of thiophene rings is 1. The van der Waals surface area contributed by atoms with Gasteiger partial charge in [-0.25, -0.2) is 14.3 Å². The van der Waals surface area contributed by atoms with Gasteiger partial charge in [-0.15, -0.1) is 0 Å². The molecule has 166 valence electrons. The van der Waals surface area contributed by atoms with E-state index in [0.29, 0.717) is 5.56 Å². The Morgan fingerprint density at radius 3 is 2.19 bits per heavy atom. The maximum absolute atomic E-state index is 13.7. The van der Waals surface area contributed by atoms with Gasteiger partial charge in [-0.3, -0.25) is 19.6 Å². The zero-order valence-corrected chi connectivity index (χ0v) is 17.8. The molecule has 32 heavy (non-hydrogen) atoms. The zero-order valence-electron chi connectivity index (χ0n) is 17.0. The van der Waals surface area contributed by atoms with Crippen molar-refractivity contribution in [1.82, 2.24) is 16.1 Å². The Labute approximate surface area is 187 Å². The first-order valence-corrected chi connectivity index (χ1v) is 10.1. The topological polar surface area (TPSA) is 108 Å². The minimum atomic E-state index is -3.23. The number of nitrogens with one attached hydrogen (secondary N) is 3. The molecule has 4 N–H and O–H groups in total. The molecule has 1 aromatic heterocycles. The predicted molar refractivity (Wildman–Crippen MR) is 114 cm³/mol. The van der Waals surface area contributed by atoms with Crippen LogP contribution < -0.4 is 16.1 Å². The van der Waals surface area contributed by atoms with Crippen molar-refractivity contribution in [3.05, 3.63) is 57.8 Å². The molecule has 1 heterocycles. The minimum Gasteiger partial charge on any atom is -0.343 e. The van der Waals surface area contributed by atoms with Crippen molar-refractivity contribution in [1.29, 1.82) is 0 Å². The number of hydrogen-bond donors (Lipinski definition) is 4. The number of carbonyl (C=O) groups excluding carboxylic acids is 3. The number of amides is 3. The van der Waals surface area contributed by atoms with E-state index in [0.717, 1.165) is 19.4 Å². The van der Waals surface area contributed by atoms with Crippen molar-refractivity contribution >= 4 is 29.1 Å². The van der Waals surface area contributed by atoms with E-state index in [1.54, 1.807) is 0 Å². The second-order valence-electron chi connectivity index (χ2n) is 6.74. The van der Waals surface area contributed by atoms with E-state index in [-0.39, 0.29) is 5.56 Å². The first-order valence-electron chi connectivity index (χ1n) is 9.13. The van der Waals surface area contributed by atoms with Gasteiger partial charge in [0.1, 0.15) is 11.6 Å². The molecule has 2 atom stereocenters. The summed E-state index contributed by atoms with van der Waals surface area (Å²) in [6.45, 7) is 1.87. The highest BCUT2D eigenvalue weighted by molar-refractivity contribution is 7.08. The molecule has 3 amide bonds. The number of benzene rings is 1. The second-order valence-corrected chi connectivity index (χ2v) is 7.52. The van der Waals surface area contributed by atoms with Gasteiger partial charge >= 0.3 is 0 Å². The van der Waals surface area contributed by atoms with Crippen LogP contribution in [0.3, 0.4) is 0 Å². The smallest absolute Gasteiger partial charge is 0.268 e. The Kier molecular flexibility index (Phi) is 8.47. The van der Waals surface area contributed by atoms with Gasteiger partial charge in [0.05, 0.1) is 0 Å². The molecule has 0 spiro atoms. The average Bonchev–Trinajstić information content (AvgIpc) is 3.27. The van der Waals surface area contributed by atoms with Crippen LogP contribution in [0, 0.1) is 23.7 Å². The fourth-order valence-corrected chi connectivity index (χ4v) is 3.23. The average molecular weight is 459 g/mol. The summed E-state index contributed by atoms with van der Waals surface area (Å²) in [4.78, 5) is 35.9. The molecule has 2 rings (SSSR count). The van der Waals surface area contributed by atoms with E-state index in [9.17, 15) is 23.2 Å². The van der Waals surface area contributed by atoms with Gasteiger partial charge in [0.15, 0.2) is 0 Å². The van der Waals surface area contributed by atoms with E-state index in [1.807, 2.05) is 22.1 Å². The molecular weight excluding hydrogens is 440 g/mol. The van der Waals surface area contributed by atoms with Crippen molar-refractivity contribution in [2.24, 2.45) is 0 Å². The van der Waals surface area contributed by atoms with Crippen LogP contribution >= 0.6 is 11.3 Å². The molecule has 10 heteroatoms. The number of alkyl halides is 2. The molecule has 0 radical (unpaired) electrons. The monoisotopic (exact) mass is 459 g/mol. The van der Waals surface area contributed by atoms with Crippen LogP contribution in [0.4, 0.5) is 8.78 Å². The van der Waals surface area contributed by atoms with Crippen molar-refractivity contribution in [3.63, 3.8) is 0 Å². The third-order valence-corrected chi connectivity index (χ3v) is 4.97. The normalized spacial score (nSPS) is 12.8.